The van der Waals surface area contributed by atoms with Gasteiger partial charge in [-0.15, -0.1) is 0 Å². The molecule has 8 heteroatoms. The van der Waals surface area contributed by atoms with E-state index in [1.54, 1.807) is 24.3 Å². The summed E-state index contributed by atoms with van der Waals surface area (Å²) in [4.78, 5) is 48.9. The van der Waals surface area contributed by atoms with Gasteiger partial charge in [0.1, 0.15) is 5.82 Å². The monoisotopic (exact) mass is 662 g/mol. The number of imidazole rings is 1. The Labute approximate surface area is 271 Å². The molecule has 1 aromatic heterocycles. The first-order chi connectivity index (χ1) is 21.7. The summed E-state index contributed by atoms with van der Waals surface area (Å²) < 4.78 is 3.14. The lowest BCUT2D eigenvalue weighted by Crippen LogP contribution is -2.41. The molecule has 45 heavy (non-hydrogen) atoms. The average Bonchev–Trinajstić information content (AvgIpc) is 3.50. The summed E-state index contributed by atoms with van der Waals surface area (Å²) >= 11 is 3.60. The van der Waals surface area contributed by atoms with Gasteiger partial charge >= 0.3 is 0 Å². The fraction of sp³-hybridized carbons (Fsp3) is 0.243. The molecule has 0 saturated carbocycles. The number of fused-ring (bicyclic) bond motifs is 2. The summed E-state index contributed by atoms with van der Waals surface area (Å²) in [6.07, 6.45) is 0.427. The van der Waals surface area contributed by atoms with Gasteiger partial charge in [-0.3, -0.25) is 19.3 Å². The largest absolute Gasteiger partial charge is 0.328 e. The molecule has 2 heterocycles. The molecule has 3 amide bonds. The maximum Gasteiger partial charge on any atom is 0.261 e. The quantitative estimate of drug-likeness (QED) is 0.144. The first-order valence-corrected chi connectivity index (χ1v) is 16.0. The second kappa shape index (κ2) is 12.8. The lowest BCUT2D eigenvalue weighted by Gasteiger charge is -2.35. The third-order valence-corrected chi connectivity index (χ3v) is 8.87. The van der Waals surface area contributed by atoms with Crippen molar-refractivity contribution in [2.75, 3.05) is 13.1 Å². The van der Waals surface area contributed by atoms with E-state index in [0.29, 0.717) is 36.2 Å². The van der Waals surface area contributed by atoms with Crippen molar-refractivity contribution in [3.8, 4) is 0 Å². The van der Waals surface area contributed by atoms with Gasteiger partial charge in [0, 0.05) is 29.7 Å². The van der Waals surface area contributed by atoms with Crippen LogP contribution in [0.2, 0.25) is 0 Å². The van der Waals surface area contributed by atoms with Crippen molar-refractivity contribution in [1.82, 2.24) is 19.4 Å². The van der Waals surface area contributed by atoms with Crippen LogP contribution in [0.15, 0.2) is 102 Å². The Kier molecular flexibility index (Phi) is 8.67. The van der Waals surface area contributed by atoms with E-state index in [9.17, 15) is 14.4 Å². The number of amides is 3. The third-order valence-electron chi connectivity index (χ3n) is 8.37. The second-order valence-corrected chi connectivity index (χ2v) is 12.8. The molecule has 0 fully saturated rings. The minimum atomic E-state index is -0.379. The smallest absolute Gasteiger partial charge is 0.261 e. The summed E-state index contributed by atoms with van der Waals surface area (Å²) in [5, 5.41) is 0. The van der Waals surface area contributed by atoms with E-state index >= 15 is 0 Å². The van der Waals surface area contributed by atoms with Crippen molar-refractivity contribution in [2.45, 2.75) is 39.8 Å². The van der Waals surface area contributed by atoms with Gasteiger partial charge in [0.25, 0.3) is 17.7 Å². The minimum Gasteiger partial charge on any atom is -0.328 e. The molecule has 0 bridgehead atoms. The van der Waals surface area contributed by atoms with E-state index in [1.807, 2.05) is 66.4 Å². The molecule has 1 atom stereocenters. The molecule has 0 aliphatic carbocycles. The lowest BCUT2D eigenvalue weighted by molar-refractivity contribution is 0.0575. The van der Waals surface area contributed by atoms with Crippen molar-refractivity contribution >= 4 is 44.7 Å². The number of aromatic nitrogens is 2. The molecule has 4 aromatic carbocycles. The van der Waals surface area contributed by atoms with Crippen molar-refractivity contribution < 1.29 is 14.4 Å². The first kappa shape index (κ1) is 30.5. The van der Waals surface area contributed by atoms with Crippen molar-refractivity contribution in [2.24, 2.45) is 5.92 Å². The number of benzene rings is 4. The zero-order valence-electron chi connectivity index (χ0n) is 25.6. The van der Waals surface area contributed by atoms with Crippen LogP contribution in [0.25, 0.3) is 11.0 Å². The Morgan fingerprint density at radius 3 is 2.16 bits per heavy atom. The predicted octanol–water partition coefficient (Wildman–Crippen LogP) is 7.68. The molecule has 228 valence electrons. The predicted molar refractivity (Wildman–Crippen MR) is 179 cm³/mol. The number of imide groups is 1. The molecule has 0 unspecified atom stereocenters. The lowest BCUT2D eigenvalue weighted by atomic mass is 9.99. The number of hydrogen-bond acceptors (Lipinski definition) is 4. The molecule has 0 saturated heterocycles. The zero-order chi connectivity index (χ0) is 31.7. The highest BCUT2D eigenvalue weighted by molar-refractivity contribution is 9.10. The SMILES string of the molecule is Cc1ccc(C(=O)N(CCCN2C(=O)c3ccccc3C2=O)[C@@H](c2nc3cc(Br)ccc3n2Cc2ccccc2)C(C)C)cc1. The summed E-state index contributed by atoms with van der Waals surface area (Å²) in [6.45, 7) is 7.34. The van der Waals surface area contributed by atoms with Gasteiger partial charge in [-0.2, -0.15) is 0 Å². The maximum absolute atomic E-state index is 14.4. The fourth-order valence-electron chi connectivity index (χ4n) is 6.15. The van der Waals surface area contributed by atoms with Crippen LogP contribution in [0.4, 0.5) is 0 Å². The Morgan fingerprint density at radius 2 is 1.51 bits per heavy atom. The Hall–Kier alpha value is -4.56. The third kappa shape index (κ3) is 6.07. The van der Waals surface area contributed by atoms with Crippen LogP contribution in [0.5, 0.6) is 0 Å². The Morgan fingerprint density at radius 1 is 0.867 bits per heavy atom. The van der Waals surface area contributed by atoms with Gasteiger partial charge in [-0.1, -0.05) is 89.9 Å². The van der Waals surface area contributed by atoms with Gasteiger partial charge in [-0.25, -0.2) is 4.98 Å². The summed E-state index contributed by atoms with van der Waals surface area (Å²) in [6, 6.07) is 30.4. The first-order valence-electron chi connectivity index (χ1n) is 15.3. The Bertz CT molecular complexity index is 1850. The van der Waals surface area contributed by atoms with Crippen LogP contribution in [0.1, 0.15) is 74.3 Å². The summed E-state index contributed by atoms with van der Waals surface area (Å²) in [5.74, 6) is 0.109. The van der Waals surface area contributed by atoms with Gasteiger partial charge in [0.2, 0.25) is 0 Å². The van der Waals surface area contributed by atoms with E-state index in [0.717, 1.165) is 32.5 Å². The van der Waals surface area contributed by atoms with E-state index in [4.69, 9.17) is 4.98 Å². The molecule has 1 aliphatic rings. The van der Waals surface area contributed by atoms with Crippen LogP contribution in [-0.2, 0) is 6.54 Å². The molecule has 5 aromatic rings. The molecule has 0 N–H and O–H groups in total. The molecule has 7 nitrogen and oxygen atoms in total. The van der Waals surface area contributed by atoms with Crippen molar-refractivity contribution in [3.05, 3.63) is 135 Å². The summed E-state index contributed by atoms with van der Waals surface area (Å²) in [5.41, 5.74) is 5.46. The molecular weight excluding hydrogens is 628 g/mol. The zero-order valence-corrected chi connectivity index (χ0v) is 27.2. The molecule has 6 rings (SSSR count). The maximum atomic E-state index is 14.4. The fourth-order valence-corrected chi connectivity index (χ4v) is 6.50. The second-order valence-electron chi connectivity index (χ2n) is 11.9. The van der Waals surface area contributed by atoms with Gasteiger partial charge in [-0.05, 0) is 67.3 Å². The molecule has 0 spiro atoms. The summed E-state index contributed by atoms with van der Waals surface area (Å²) in [7, 11) is 0. The molecule has 1 aliphatic heterocycles. The number of aryl methyl sites for hydroxylation is 1. The van der Waals surface area contributed by atoms with Crippen LogP contribution in [-0.4, -0.2) is 50.2 Å². The van der Waals surface area contributed by atoms with Crippen LogP contribution >= 0.6 is 15.9 Å². The van der Waals surface area contributed by atoms with Crippen LogP contribution in [0.3, 0.4) is 0 Å². The topological polar surface area (TPSA) is 75.5 Å². The highest BCUT2D eigenvalue weighted by Crippen LogP contribution is 2.34. The van der Waals surface area contributed by atoms with Crippen molar-refractivity contribution in [1.29, 1.82) is 0 Å². The van der Waals surface area contributed by atoms with Crippen molar-refractivity contribution in [3.63, 3.8) is 0 Å². The highest BCUT2D eigenvalue weighted by Gasteiger charge is 2.36. The number of halogens is 1. The van der Waals surface area contributed by atoms with Gasteiger partial charge in [0.15, 0.2) is 0 Å². The van der Waals surface area contributed by atoms with E-state index in [1.165, 1.54) is 4.90 Å². The van der Waals surface area contributed by atoms with Crippen LogP contribution < -0.4 is 0 Å². The Balaban J connectivity index is 1.38. The molecular formula is C37H35BrN4O3. The number of rotatable bonds is 10. The normalized spacial score (nSPS) is 13.5. The number of carbonyl (C=O) groups excluding carboxylic acids is 3. The number of hydrogen-bond donors (Lipinski definition) is 0. The van der Waals surface area contributed by atoms with E-state index in [-0.39, 0.29) is 36.2 Å². The van der Waals surface area contributed by atoms with Crippen LogP contribution in [0, 0.1) is 12.8 Å². The van der Waals surface area contributed by atoms with E-state index in [2.05, 4.69) is 52.5 Å². The van der Waals surface area contributed by atoms with Gasteiger partial charge < -0.3 is 9.47 Å². The van der Waals surface area contributed by atoms with E-state index < -0.39 is 0 Å². The molecule has 0 radical (unpaired) electrons. The number of carbonyl (C=O) groups is 3. The minimum absolute atomic E-state index is 0.00785. The van der Waals surface area contributed by atoms with Gasteiger partial charge in [0.05, 0.1) is 28.2 Å². The standard InChI is InChI=1S/C37H35BrN4O3/c1-24(2)33(34-39-31-22-28(38)18-19-32(31)42(34)23-26-10-5-4-6-11-26)40(35(43)27-16-14-25(3)15-17-27)20-9-21-41-36(44)29-12-7-8-13-30(29)37(41)45/h4-8,10-19,22,24,33H,9,20-21,23H2,1-3H3/t33-/m1/s1. The number of nitrogens with zero attached hydrogens (tertiary/aromatic N) is 4. The highest BCUT2D eigenvalue weighted by atomic mass is 79.9. The average molecular weight is 664 g/mol.